The van der Waals surface area contributed by atoms with Crippen LogP contribution in [0.25, 0.3) is 10.2 Å². The second kappa shape index (κ2) is 9.00. The number of fused-ring (bicyclic) bond motifs is 2. The number of amides is 3. The number of ketones is 1. The highest BCUT2D eigenvalue weighted by Gasteiger charge is 2.40. The molecule has 4 heterocycles. The molecule has 1 saturated heterocycles. The average Bonchev–Trinajstić information content (AvgIpc) is 3.48. The van der Waals surface area contributed by atoms with Gasteiger partial charge in [-0.3, -0.25) is 29.5 Å². The summed E-state index contributed by atoms with van der Waals surface area (Å²) in [4.78, 5) is 65.3. The molecular weight excluding hydrogens is 494 g/mol. The van der Waals surface area contributed by atoms with Crippen molar-refractivity contribution in [1.82, 2.24) is 20.2 Å². The summed E-state index contributed by atoms with van der Waals surface area (Å²) >= 11 is 1.50. The van der Waals surface area contributed by atoms with Crippen molar-refractivity contribution in [1.29, 1.82) is 0 Å². The number of aliphatic imine (C=N–C) groups is 1. The van der Waals surface area contributed by atoms with Crippen LogP contribution in [0.15, 0.2) is 52.3 Å². The first-order valence-corrected chi connectivity index (χ1v) is 12.7. The summed E-state index contributed by atoms with van der Waals surface area (Å²) in [6.07, 6.45) is 3.70. The lowest BCUT2D eigenvalue weighted by atomic mass is 9.84. The minimum atomic E-state index is -0.727. The third-order valence-electron chi connectivity index (χ3n) is 7.05. The van der Waals surface area contributed by atoms with Gasteiger partial charge in [0.25, 0.3) is 5.91 Å². The molecule has 2 aliphatic heterocycles. The molecule has 37 heavy (non-hydrogen) atoms. The molecule has 1 aromatic carbocycles. The molecule has 1 aliphatic carbocycles. The summed E-state index contributed by atoms with van der Waals surface area (Å²) in [5, 5.41) is 15.9. The van der Waals surface area contributed by atoms with Gasteiger partial charge in [-0.15, -0.1) is 11.3 Å². The lowest BCUT2D eigenvalue weighted by Crippen LogP contribution is -2.52. The predicted octanol–water partition coefficient (Wildman–Crippen LogP) is 3.11. The number of aliphatic hydroxyl groups excluding tert-OH is 1. The molecule has 2 N–H and O–H groups in total. The molecule has 0 spiro atoms. The highest BCUT2D eigenvalue weighted by Crippen LogP contribution is 2.37. The summed E-state index contributed by atoms with van der Waals surface area (Å²) in [6, 6.07) is 6.27. The largest absolute Gasteiger partial charge is 0.511 e. The van der Waals surface area contributed by atoms with Gasteiger partial charge in [0.2, 0.25) is 11.8 Å². The molecule has 3 aromatic rings. The summed E-state index contributed by atoms with van der Waals surface area (Å²) in [5.74, 6) is -1.68. The SMILES string of the molecule is O=C1CCC(N2Cc3c(N=CC4=C(O)CC(c5ncnc6sccc56)CC4=O)cccc3C2=O)C(=O)N1. The van der Waals surface area contributed by atoms with Gasteiger partial charge in [-0.25, -0.2) is 9.97 Å². The molecule has 2 atom stereocenters. The van der Waals surface area contributed by atoms with E-state index in [1.807, 2.05) is 11.4 Å². The molecule has 2 aromatic heterocycles. The molecule has 186 valence electrons. The Hall–Kier alpha value is -4.25. The quantitative estimate of drug-likeness (QED) is 0.402. The number of aromatic nitrogens is 2. The van der Waals surface area contributed by atoms with Crippen LogP contribution in [-0.4, -0.2) is 55.7 Å². The van der Waals surface area contributed by atoms with Crippen LogP contribution in [0.3, 0.4) is 0 Å². The van der Waals surface area contributed by atoms with Crippen molar-refractivity contribution in [3.8, 4) is 0 Å². The fourth-order valence-corrected chi connectivity index (χ4v) is 5.95. The number of piperidine rings is 1. The number of imide groups is 1. The van der Waals surface area contributed by atoms with Gasteiger partial charge >= 0.3 is 0 Å². The van der Waals surface area contributed by atoms with Crippen molar-refractivity contribution < 1.29 is 24.3 Å². The van der Waals surface area contributed by atoms with Crippen molar-refractivity contribution in [3.63, 3.8) is 0 Å². The molecule has 0 bridgehead atoms. The fraction of sp³-hybridized carbons (Fsp3) is 0.269. The zero-order chi connectivity index (χ0) is 25.7. The minimum Gasteiger partial charge on any atom is -0.511 e. The number of nitrogens with zero attached hydrogens (tertiary/aromatic N) is 4. The van der Waals surface area contributed by atoms with Gasteiger partial charge in [-0.05, 0) is 30.0 Å². The summed E-state index contributed by atoms with van der Waals surface area (Å²) in [5.41, 5.74) is 2.42. The van der Waals surface area contributed by atoms with Gasteiger partial charge in [0.15, 0.2) is 5.78 Å². The van der Waals surface area contributed by atoms with Gasteiger partial charge in [0.1, 0.15) is 23.0 Å². The van der Waals surface area contributed by atoms with Crippen LogP contribution in [0.5, 0.6) is 0 Å². The number of nitrogens with one attached hydrogen (secondary N) is 1. The van der Waals surface area contributed by atoms with Crippen molar-refractivity contribution in [2.75, 3.05) is 0 Å². The first-order chi connectivity index (χ1) is 17.9. The highest BCUT2D eigenvalue weighted by atomic mass is 32.1. The van der Waals surface area contributed by atoms with Gasteiger partial charge in [0.05, 0.1) is 17.0 Å². The van der Waals surface area contributed by atoms with Gasteiger partial charge < -0.3 is 10.0 Å². The molecule has 3 aliphatic rings. The maximum absolute atomic E-state index is 13.0. The summed E-state index contributed by atoms with van der Waals surface area (Å²) in [7, 11) is 0. The van der Waals surface area contributed by atoms with Crippen LogP contribution < -0.4 is 5.32 Å². The lowest BCUT2D eigenvalue weighted by molar-refractivity contribution is -0.137. The molecule has 10 nitrogen and oxygen atoms in total. The van der Waals surface area contributed by atoms with E-state index >= 15 is 0 Å². The van der Waals surface area contributed by atoms with E-state index in [1.165, 1.54) is 28.8 Å². The molecule has 0 saturated carbocycles. The number of carbonyl (C=O) groups is 4. The van der Waals surface area contributed by atoms with E-state index in [-0.39, 0.29) is 67.1 Å². The van der Waals surface area contributed by atoms with Crippen molar-refractivity contribution in [3.05, 3.63) is 64.1 Å². The highest BCUT2D eigenvalue weighted by molar-refractivity contribution is 7.16. The Morgan fingerprint density at radius 1 is 1.14 bits per heavy atom. The van der Waals surface area contributed by atoms with Crippen LogP contribution in [0.1, 0.15) is 53.2 Å². The standard InChI is InChI=1S/C26H21N5O5S/c32-20-8-13(23-15-6-7-37-25(15)29-12-28-23)9-21(33)16(20)10-27-18-3-1-2-14-17(18)11-31(26(14)36)19-4-5-22(34)30-24(19)35/h1-3,6-7,10,12-13,19,32H,4-5,8-9,11H2,(H,30,34,35). The lowest BCUT2D eigenvalue weighted by Gasteiger charge is -2.29. The Kier molecular flexibility index (Phi) is 5.64. The van der Waals surface area contributed by atoms with E-state index in [9.17, 15) is 24.3 Å². The second-order valence-electron chi connectivity index (χ2n) is 9.25. The van der Waals surface area contributed by atoms with E-state index in [0.717, 1.165) is 15.9 Å². The minimum absolute atomic E-state index is 0.0548. The van der Waals surface area contributed by atoms with Gasteiger partial charge in [-0.2, -0.15) is 0 Å². The Morgan fingerprint density at radius 3 is 2.81 bits per heavy atom. The number of carbonyl (C=O) groups excluding carboxylic acids is 4. The molecule has 0 radical (unpaired) electrons. The fourth-order valence-electron chi connectivity index (χ4n) is 5.21. The van der Waals surface area contributed by atoms with Crippen LogP contribution in [0, 0.1) is 0 Å². The maximum atomic E-state index is 13.0. The molecular formula is C26H21N5O5S. The molecule has 2 unspecified atom stereocenters. The number of aliphatic hydroxyl groups is 1. The van der Waals surface area contributed by atoms with Crippen LogP contribution in [0.4, 0.5) is 5.69 Å². The zero-order valence-electron chi connectivity index (χ0n) is 19.5. The number of rotatable bonds is 4. The average molecular weight is 516 g/mol. The monoisotopic (exact) mass is 515 g/mol. The Balaban J connectivity index is 1.25. The van der Waals surface area contributed by atoms with E-state index in [0.29, 0.717) is 16.8 Å². The summed E-state index contributed by atoms with van der Waals surface area (Å²) < 4.78 is 0. The van der Waals surface area contributed by atoms with E-state index in [4.69, 9.17) is 0 Å². The molecule has 6 rings (SSSR count). The van der Waals surface area contributed by atoms with E-state index in [1.54, 1.807) is 18.2 Å². The summed E-state index contributed by atoms with van der Waals surface area (Å²) in [6.45, 7) is 0.166. The number of Topliss-reactive ketones (excluding diaryl/α,β-unsaturated/α-hetero) is 1. The van der Waals surface area contributed by atoms with Crippen LogP contribution in [-0.2, 0) is 20.9 Å². The predicted molar refractivity (Wildman–Crippen MR) is 135 cm³/mol. The van der Waals surface area contributed by atoms with Gasteiger partial charge in [0, 0.05) is 54.5 Å². The maximum Gasteiger partial charge on any atom is 0.255 e. The topological polar surface area (TPSA) is 142 Å². The Bertz CT molecular complexity index is 1560. The Morgan fingerprint density at radius 2 is 2.00 bits per heavy atom. The van der Waals surface area contributed by atoms with Crippen molar-refractivity contribution >= 4 is 57.0 Å². The van der Waals surface area contributed by atoms with E-state index in [2.05, 4.69) is 20.3 Å². The van der Waals surface area contributed by atoms with Crippen molar-refractivity contribution in [2.45, 2.75) is 44.2 Å². The molecule has 11 heteroatoms. The third kappa shape index (κ3) is 4.01. The Labute approximate surface area is 214 Å². The van der Waals surface area contributed by atoms with Crippen molar-refractivity contribution in [2.24, 2.45) is 4.99 Å². The van der Waals surface area contributed by atoms with Crippen LogP contribution >= 0.6 is 11.3 Å². The zero-order valence-corrected chi connectivity index (χ0v) is 20.3. The van der Waals surface area contributed by atoms with Crippen LogP contribution in [0.2, 0.25) is 0 Å². The number of benzene rings is 1. The first-order valence-electron chi connectivity index (χ1n) is 11.8. The number of allylic oxidation sites excluding steroid dienone is 2. The second-order valence-corrected chi connectivity index (χ2v) is 10.1. The number of thiophene rings is 1. The number of hydrogen-bond acceptors (Lipinski definition) is 9. The van der Waals surface area contributed by atoms with Gasteiger partial charge in [-0.1, -0.05) is 6.07 Å². The molecule has 3 amide bonds. The molecule has 1 fully saturated rings. The number of hydrogen-bond donors (Lipinski definition) is 2. The first kappa shape index (κ1) is 23.2. The van der Waals surface area contributed by atoms with E-state index < -0.39 is 11.9 Å². The third-order valence-corrected chi connectivity index (χ3v) is 7.87. The smallest absolute Gasteiger partial charge is 0.255 e. The normalized spacial score (nSPS) is 22.3.